The van der Waals surface area contributed by atoms with Crippen LogP contribution in [0.4, 0.5) is 0 Å². The molecule has 1 fully saturated rings. The van der Waals surface area contributed by atoms with Crippen molar-refractivity contribution >= 4 is 10.0 Å². The number of benzene rings is 2. The summed E-state index contributed by atoms with van der Waals surface area (Å²) in [7, 11) is -1.56. The van der Waals surface area contributed by atoms with E-state index in [1.807, 2.05) is 37.4 Å². The van der Waals surface area contributed by atoms with Gasteiger partial charge in [0.05, 0.1) is 11.5 Å². The number of sulfonamides is 1. The lowest BCUT2D eigenvalue weighted by molar-refractivity contribution is 0.303. The number of hydrogen-bond donors (Lipinski definition) is 0. The van der Waals surface area contributed by atoms with Gasteiger partial charge in [0, 0.05) is 19.1 Å². The standard InChI is InChI=1S/C22H30N2O3S/c1-3-4-16-27-21-10-12-22(13-11-21)28(25,26)24(20-14-15-23(2)18-20)17-19-8-6-5-7-9-19/h5-13,20H,3-4,14-18H2,1-2H3. The second kappa shape index (κ2) is 9.54. The van der Waals surface area contributed by atoms with Crippen molar-refractivity contribution in [2.75, 3.05) is 26.7 Å². The van der Waals surface area contributed by atoms with Gasteiger partial charge in [-0.1, -0.05) is 43.7 Å². The highest BCUT2D eigenvalue weighted by Gasteiger charge is 2.35. The molecule has 1 aliphatic rings. The van der Waals surface area contributed by atoms with E-state index in [2.05, 4.69) is 11.8 Å². The van der Waals surface area contributed by atoms with E-state index >= 15 is 0 Å². The number of ether oxygens (including phenoxy) is 1. The Morgan fingerprint density at radius 2 is 1.82 bits per heavy atom. The first-order valence-electron chi connectivity index (χ1n) is 9.98. The van der Waals surface area contributed by atoms with E-state index in [4.69, 9.17) is 4.74 Å². The van der Waals surface area contributed by atoms with Crippen LogP contribution < -0.4 is 4.74 Å². The van der Waals surface area contributed by atoms with Gasteiger partial charge in [-0.3, -0.25) is 0 Å². The fourth-order valence-corrected chi connectivity index (χ4v) is 5.13. The lowest BCUT2D eigenvalue weighted by Gasteiger charge is -2.28. The van der Waals surface area contributed by atoms with Crippen molar-refractivity contribution in [2.24, 2.45) is 0 Å². The summed E-state index contributed by atoms with van der Waals surface area (Å²) in [5, 5.41) is 0. The van der Waals surface area contributed by atoms with Crippen LogP contribution in [0.3, 0.4) is 0 Å². The zero-order chi connectivity index (χ0) is 20.0. The molecule has 0 aliphatic carbocycles. The predicted octanol–water partition coefficient (Wildman–Crippen LogP) is 3.76. The molecule has 1 atom stereocenters. The van der Waals surface area contributed by atoms with Crippen LogP contribution in [0.25, 0.3) is 0 Å². The highest BCUT2D eigenvalue weighted by atomic mass is 32.2. The normalized spacial score (nSPS) is 17.9. The Labute approximate surface area is 169 Å². The summed E-state index contributed by atoms with van der Waals surface area (Å²) in [5.41, 5.74) is 1.00. The number of unbranched alkanes of at least 4 members (excludes halogenated alkanes) is 1. The van der Waals surface area contributed by atoms with Crippen molar-refractivity contribution in [3.63, 3.8) is 0 Å². The third-order valence-electron chi connectivity index (χ3n) is 5.15. The predicted molar refractivity (Wildman–Crippen MR) is 112 cm³/mol. The van der Waals surface area contributed by atoms with Gasteiger partial charge in [-0.15, -0.1) is 0 Å². The zero-order valence-electron chi connectivity index (χ0n) is 16.8. The third kappa shape index (κ3) is 5.13. The Morgan fingerprint density at radius 3 is 2.43 bits per heavy atom. The molecule has 0 amide bonds. The summed E-state index contributed by atoms with van der Waals surface area (Å²) < 4.78 is 34.3. The van der Waals surface area contributed by atoms with Gasteiger partial charge in [0.15, 0.2) is 0 Å². The summed E-state index contributed by atoms with van der Waals surface area (Å²) in [6.45, 7) is 4.81. The van der Waals surface area contributed by atoms with Crippen molar-refractivity contribution < 1.29 is 13.2 Å². The first-order chi connectivity index (χ1) is 13.5. The van der Waals surface area contributed by atoms with Crippen molar-refractivity contribution in [1.29, 1.82) is 0 Å². The highest BCUT2D eigenvalue weighted by Crippen LogP contribution is 2.27. The number of likely N-dealkylation sites (tertiary alicyclic amines) is 1. The molecule has 0 aromatic heterocycles. The summed E-state index contributed by atoms with van der Waals surface area (Å²) in [6.07, 6.45) is 2.90. The lowest BCUT2D eigenvalue weighted by atomic mass is 10.2. The summed E-state index contributed by atoms with van der Waals surface area (Å²) in [5.74, 6) is 0.711. The molecule has 1 saturated heterocycles. The Bertz CT molecular complexity index is 838. The topological polar surface area (TPSA) is 49.9 Å². The van der Waals surface area contributed by atoms with Crippen LogP contribution >= 0.6 is 0 Å². The lowest BCUT2D eigenvalue weighted by Crippen LogP contribution is -2.41. The third-order valence-corrected chi connectivity index (χ3v) is 7.06. The molecular formula is C22H30N2O3S. The molecule has 2 aromatic carbocycles. The minimum atomic E-state index is -3.60. The second-order valence-electron chi connectivity index (χ2n) is 7.41. The van der Waals surface area contributed by atoms with Crippen LogP contribution in [-0.4, -0.2) is 50.4 Å². The molecule has 3 rings (SSSR count). The van der Waals surface area contributed by atoms with Crippen LogP contribution in [0.5, 0.6) is 5.75 Å². The Balaban J connectivity index is 1.83. The molecule has 1 heterocycles. The number of nitrogens with zero attached hydrogens (tertiary/aromatic N) is 2. The molecule has 6 heteroatoms. The Morgan fingerprint density at radius 1 is 1.11 bits per heavy atom. The molecule has 0 N–H and O–H groups in total. The van der Waals surface area contributed by atoms with E-state index < -0.39 is 10.0 Å². The van der Waals surface area contributed by atoms with Gasteiger partial charge < -0.3 is 9.64 Å². The van der Waals surface area contributed by atoms with E-state index in [0.717, 1.165) is 37.9 Å². The van der Waals surface area contributed by atoms with Crippen LogP contribution in [-0.2, 0) is 16.6 Å². The minimum Gasteiger partial charge on any atom is -0.494 e. The average molecular weight is 403 g/mol. The zero-order valence-corrected chi connectivity index (χ0v) is 17.6. The van der Waals surface area contributed by atoms with Gasteiger partial charge in [0.1, 0.15) is 5.75 Å². The molecule has 0 spiro atoms. The van der Waals surface area contributed by atoms with Gasteiger partial charge in [0.2, 0.25) is 10.0 Å². The molecule has 152 valence electrons. The maximum absolute atomic E-state index is 13.5. The van der Waals surface area contributed by atoms with Crippen molar-refractivity contribution in [1.82, 2.24) is 9.21 Å². The van der Waals surface area contributed by atoms with Crippen LogP contribution in [0, 0.1) is 0 Å². The van der Waals surface area contributed by atoms with Crippen molar-refractivity contribution in [2.45, 2.75) is 43.7 Å². The minimum absolute atomic E-state index is 0.0179. The smallest absolute Gasteiger partial charge is 0.243 e. The largest absolute Gasteiger partial charge is 0.494 e. The van der Waals surface area contributed by atoms with E-state index in [1.54, 1.807) is 28.6 Å². The van der Waals surface area contributed by atoms with Crippen LogP contribution in [0.2, 0.25) is 0 Å². The summed E-state index contributed by atoms with van der Waals surface area (Å²) in [6, 6.07) is 16.6. The van der Waals surface area contributed by atoms with E-state index in [0.29, 0.717) is 23.8 Å². The maximum atomic E-state index is 13.5. The average Bonchev–Trinajstić information content (AvgIpc) is 3.13. The summed E-state index contributed by atoms with van der Waals surface area (Å²) >= 11 is 0. The first-order valence-corrected chi connectivity index (χ1v) is 11.4. The quantitative estimate of drug-likeness (QED) is 0.599. The monoisotopic (exact) mass is 402 g/mol. The maximum Gasteiger partial charge on any atom is 0.243 e. The Hall–Kier alpha value is -1.89. The van der Waals surface area contributed by atoms with Gasteiger partial charge in [-0.05, 0) is 56.3 Å². The molecule has 0 bridgehead atoms. The summed E-state index contributed by atoms with van der Waals surface area (Å²) in [4.78, 5) is 2.50. The molecule has 28 heavy (non-hydrogen) atoms. The van der Waals surface area contributed by atoms with Crippen molar-refractivity contribution in [3.8, 4) is 5.75 Å². The van der Waals surface area contributed by atoms with Crippen molar-refractivity contribution in [3.05, 3.63) is 60.2 Å². The molecule has 1 aliphatic heterocycles. The molecule has 5 nitrogen and oxygen atoms in total. The second-order valence-corrected chi connectivity index (χ2v) is 9.30. The van der Waals surface area contributed by atoms with Crippen LogP contribution in [0.15, 0.2) is 59.5 Å². The molecule has 1 unspecified atom stereocenters. The SMILES string of the molecule is CCCCOc1ccc(S(=O)(=O)N(Cc2ccccc2)C2CCN(C)C2)cc1. The highest BCUT2D eigenvalue weighted by molar-refractivity contribution is 7.89. The number of hydrogen-bond acceptors (Lipinski definition) is 4. The van der Waals surface area contributed by atoms with Gasteiger partial charge in [-0.25, -0.2) is 8.42 Å². The number of rotatable bonds is 9. The fraction of sp³-hybridized carbons (Fsp3) is 0.455. The van der Waals surface area contributed by atoms with Gasteiger partial charge >= 0.3 is 0 Å². The molecule has 2 aromatic rings. The Kier molecular flexibility index (Phi) is 7.10. The fourth-order valence-electron chi connectivity index (χ4n) is 3.50. The molecule has 0 saturated carbocycles. The van der Waals surface area contributed by atoms with E-state index in [1.165, 1.54) is 0 Å². The van der Waals surface area contributed by atoms with E-state index in [-0.39, 0.29) is 6.04 Å². The van der Waals surface area contributed by atoms with Gasteiger partial charge in [0.25, 0.3) is 0 Å². The molecule has 0 radical (unpaired) electrons. The molecular weight excluding hydrogens is 372 g/mol. The number of likely N-dealkylation sites (N-methyl/N-ethyl adjacent to an activating group) is 1. The van der Waals surface area contributed by atoms with Gasteiger partial charge in [-0.2, -0.15) is 4.31 Å². The van der Waals surface area contributed by atoms with Crippen LogP contribution in [0.1, 0.15) is 31.7 Å². The van der Waals surface area contributed by atoms with E-state index in [9.17, 15) is 8.42 Å². The first kappa shape index (κ1) is 20.8.